The van der Waals surface area contributed by atoms with Crippen LogP contribution in [-0.4, -0.2) is 54.2 Å². The number of benzene rings is 2. The number of carbonyl (C=O) groups is 1. The molecule has 1 aliphatic heterocycles. The van der Waals surface area contributed by atoms with Crippen LogP contribution in [0.3, 0.4) is 0 Å². The van der Waals surface area contributed by atoms with Crippen LogP contribution in [0.25, 0.3) is 22.2 Å². The van der Waals surface area contributed by atoms with Crippen molar-refractivity contribution in [2.24, 2.45) is 0 Å². The van der Waals surface area contributed by atoms with Gasteiger partial charge in [0.2, 0.25) is 5.95 Å². The Bertz CT molecular complexity index is 1350. The molecule has 2 aromatic heterocycles. The van der Waals surface area contributed by atoms with Gasteiger partial charge in [-0.25, -0.2) is 15.0 Å². The third-order valence-electron chi connectivity index (χ3n) is 6.23. The number of rotatable bonds is 6. The van der Waals surface area contributed by atoms with Crippen molar-refractivity contribution in [1.29, 1.82) is 0 Å². The number of methoxy groups -OCH3 is 2. The smallest absolute Gasteiger partial charge is 0.252 e. The number of hydrogen-bond donors (Lipinski definition) is 1. The van der Waals surface area contributed by atoms with Gasteiger partial charge in [0.25, 0.3) is 5.91 Å². The largest absolute Gasteiger partial charge is 0.493 e. The van der Waals surface area contributed by atoms with Crippen molar-refractivity contribution in [1.82, 2.24) is 20.3 Å². The first-order valence-corrected chi connectivity index (χ1v) is 11.6. The molecule has 3 heterocycles. The van der Waals surface area contributed by atoms with Gasteiger partial charge in [-0.15, -0.1) is 0 Å². The zero-order valence-corrected chi connectivity index (χ0v) is 19.8. The quantitative estimate of drug-likeness (QED) is 0.455. The van der Waals surface area contributed by atoms with Crippen LogP contribution in [0.15, 0.2) is 67.0 Å². The minimum absolute atomic E-state index is 0.00323. The van der Waals surface area contributed by atoms with Crippen molar-refractivity contribution in [3.05, 3.63) is 72.6 Å². The highest BCUT2D eigenvalue weighted by atomic mass is 16.5. The molecule has 1 amide bonds. The molecule has 4 aromatic rings. The zero-order valence-electron chi connectivity index (χ0n) is 19.8. The van der Waals surface area contributed by atoms with E-state index >= 15 is 0 Å². The first kappa shape index (κ1) is 22.6. The van der Waals surface area contributed by atoms with E-state index in [0.29, 0.717) is 35.2 Å². The van der Waals surface area contributed by atoms with Crippen molar-refractivity contribution in [2.75, 3.05) is 32.2 Å². The number of nitrogens with one attached hydrogen (secondary N) is 1. The molecule has 8 heteroatoms. The maximum atomic E-state index is 13.5. The lowest BCUT2D eigenvalue weighted by Gasteiger charge is -2.33. The lowest BCUT2D eigenvalue weighted by Crippen LogP contribution is -2.48. The summed E-state index contributed by atoms with van der Waals surface area (Å²) in [4.78, 5) is 29.2. The fourth-order valence-corrected chi connectivity index (χ4v) is 4.50. The molecule has 2 aromatic carbocycles. The zero-order chi connectivity index (χ0) is 24.2. The molecule has 0 bridgehead atoms. The first-order valence-electron chi connectivity index (χ1n) is 11.6. The lowest BCUT2D eigenvalue weighted by molar-refractivity contribution is 0.0934. The standard InChI is InChI=1S/C27H27N5O3/c1-34-24-11-10-18(15-25(24)35-2)23-16-21(20-8-3-4-9-22(20)31-23)26(33)30-19-7-5-14-32(17-19)27-28-12-6-13-29-27/h3-4,6,8-13,15-16,19H,5,7,14,17H2,1-2H3,(H,30,33). The highest BCUT2D eigenvalue weighted by molar-refractivity contribution is 6.07. The number of aromatic nitrogens is 3. The van der Waals surface area contributed by atoms with Crippen LogP contribution < -0.4 is 19.7 Å². The number of para-hydroxylation sites is 1. The molecule has 1 N–H and O–H groups in total. The van der Waals surface area contributed by atoms with Crippen molar-refractivity contribution in [3.8, 4) is 22.8 Å². The molecule has 1 fully saturated rings. The van der Waals surface area contributed by atoms with E-state index in [1.165, 1.54) is 0 Å². The Balaban J connectivity index is 1.45. The molecule has 1 unspecified atom stereocenters. The summed E-state index contributed by atoms with van der Waals surface area (Å²) in [7, 11) is 3.20. The number of anilines is 1. The predicted octanol–water partition coefficient (Wildman–Crippen LogP) is 4.11. The van der Waals surface area contributed by atoms with E-state index in [1.54, 1.807) is 32.7 Å². The summed E-state index contributed by atoms with van der Waals surface area (Å²) in [5, 5.41) is 4.05. The number of nitrogens with zero attached hydrogens (tertiary/aromatic N) is 4. The minimum atomic E-state index is -0.119. The molecule has 0 radical (unpaired) electrons. The second-order valence-corrected chi connectivity index (χ2v) is 8.45. The molecule has 5 rings (SSSR count). The Morgan fingerprint density at radius 3 is 2.60 bits per heavy atom. The van der Waals surface area contributed by atoms with Gasteiger partial charge < -0.3 is 19.7 Å². The Morgan fingerprint density at radius 1 is 1.00 bits per heavy atom. The number of carbonyl (C=O) groups excluding carboxylic acids is 1. The van der Waals surface area contributed by atoms with E-state index < -0.39 is 0 Å². The molecular formula is C27H27N5O3. The van der Waals surface area contributed by atoms with Crippen LogP contribution in [0.1, 0.15) is 23.2 Å². The minimum Gasteiger partial charge on any atom is -0.493 e. The fraction of sp³-hybridized carbons (Fsp3) is 0.259. The number of pyridine rings is 1. The van der Waals surface area contributed by atoms with Gasteiger partial charge in [-0.3, -0.25) is 4.79 Å². The summed E-state index contributed by atoms with van der Waals surface area (Å²) < 4.78 is 10.8. The molecule has 0 aliphatic carbocycles. The van der Waals surface area contributed by atoms with Crippen molar-refractivity contribution >= 4 is 22.8 Å². The third-order valence-corrected chi connectivity index (χ3v) is 6.23. The molecule has 0 saturated carbocycles. The molecule has 178 valence electrons. The van der Waals surface area contributed by atoms with E-state index in [0.717, 1.165) is 35.9 Å². The van der Waals surface area contributed by atoms with Crippen molar-refractivity contribution in [3.63, 3.8) is 0 Å². The van der Waals surface area contributed by atoms with Gasteiger partial charge in [0.05, 0.1) is 31.0 Å². The van der Waals surface area contributed by atoms with Gasteiger partial charge in [0, 0.05) is 42.5 Å². The summed E-state index contributed by atoms with van der Waals surface area (Å²) in [6.07, 6.45) is 5.34. The Kier molecular flexibility index (Phi) is 6.43. The number of amides is 1. The van der Waals surface area contributed by atoms with Gasteiger partial charge in [0.1, 0.15) is 0 Å². The van der Waals surface area contributed by atoms with E-state index in [-0.39, 0.29) is 11.9 Å². The van der Waals surface area contributed by atoms with E-state index in [4.69, 9.17) is 14.5 Å². The highest BCUT2D eigenvalue weighted by Crippen LogP contribution is 2.33. The van der Waals surface area contributed by atoms with Crippen LogP contribution >= 0.6 is 0 Å². The lowest BCUT2D eigenvalue weighted by atomic mass is 10.0. The van der Waals surface area contributed by atoms with Crippen LogP contribution in [0.2, 0.25) is 0 Å². The van der Waals surface area contributed by atoms with E-state index in [9.17, 15) is 4.79 Å². The molecular weight excluding hydrogens is 442 g/mol. The number of hydrogen-bond acceptors (Lipinski definition) is 7. The summed E-state index contributed by atoms with van der Waals surface area (Å²) in [5.74, 6) is 1.82. The third kappa shape index (κ3) is 4.73. The maximum Gasteiger partial charge on any atom is 0.252 e. The van der Waals surface area contributed by atoms with Gasteiger partial charge in [-0.05, 0) is 49.2 Å². The molecule has 1 aliphatic rings. The van der Waals surface area contributed by atoms with Gasteiger partial charge in [-0.2, -0.15) is 0 Å². The topological polar surface area (TPSA) is 89.5 Å². The Labute approximate surface area is 203 Å². The van der Waals surface area contributed by atoms with Crippen LogP contribution in [0.4, 0.5) is 5.95 Å². The highest BCUT2D eigenvalue weighted by Gasteiger charge is 2.24. The summed E-state index contributed by atoms with van der Waals surface area (Å²) in [5.41, 5.74) is 2.88. The van der Waals surface area contributed by atoms with Gasteiger partial charge in [-0.1, -0.05) is 18.2 Å². The molecule has 1 saturated heterocycles. The molecule has 0 spiro atoms. The number of fused-ring (bicyclic) bond motifs is 1. The monoisotopic (exact) mass is 469 g/mol. The second-order valence-electron chi connectivity index (χ2n) is 8.45. The predicted molar refractivity (Wildman–Crippen MR) is 135 cm³/mol. The number of piperidine rings is 1. The van der Waals surface area contributed by atoms with Crippen LogP contribution in [0, 0.1) is 0 Å². The van der Waals surface area contributed by atoms with Crippen molar-refractivity contribution in [2.45, 2.75) is 18.9 Å². The van der Waals surface area contributed by atoms with E-state index in [2.05, 4.69) is 20.2 Å². The fourth-order valence-electron chi connectivity index (χ4n) is 4.50. The Morgan fingerprint density at radius 2 is 1.80 bits per heavy atom. The summed E-state index contributed by atoms with van der Waals surface area (Å²) >= 11 is 0. The second kappa shape index (κ2) is 9.97. The maximum absolute atomic E-state index is 13.5. The SMILES string of the molecule is COc1ccc(-c2cc(C(=O)NC3CCCN(c4ncccn4)C3)c3ccccc3n2)cc1OC. The molecule has 35 heavy (non-hydrogen) atoms. The van der Waals surface area contributed by atoms with Gasteiger partial charge >= 0.3 is 0 Å². The average Bonchev–Trinajstić information content (AvgIpc) is 2.92. The summed E-state index contributed by atoms with van der Waals surface area (Å²) in [6.45, 7) is 1.54. The summed E-state index contributed by atoms with van der Waals surface area (Å²) in [6, 6.07) is 17.0. The number of ether oxygens (including phenoxy) is 2. The Hall–Kier alpha value is -4.20. The van der Waals surface area contributed by atoms with Crippen LogP contribution in [-0.2, 0) is 0 Å². The van der Waals surface area contributed by atoms with Crippen molar-refractivity contribution < 1.29 is 14.3 Å². The molecule has 8 nitrogen and oxygen atoms in total. The van der Waals surface area contributed by atoms with E-state index in [1.807, 2.05) is 48.5 Å². The average molecular weight is 470 g/mol. The van der Waals surface area contributed by atoms with Gasteiger partial charge in [0.15, 0.2) is 11.5 Å². The normalized spacial score (nSPS) is 15.6. The molecule has 1 atom stereocenters. The van der Waals surface area contributed by atoms with Crippen LogP contribution in [0.5, 0.6) is 11.5 Å². The first-order chi connectivity index (χ1) is 17.2.